The molecule has 0 aliphatic rings. The predicted molar refractivity (Wildman–Crippen MR) is 68.0 cm³/mol. The van der Waals surface area contributed by atoms with E-state index in [4.69, 9.17) is 20.4 Å². The van der Waals surface area contributed by atoms with Crippen LogP contribution in [0.2, 0.25) is 0 Å². The molecule has 0 fully saturated rings. The second kappa shape index (κ2) is 8.58. The first-order valence-electron chi connectivity index (χ1n) is 5.57. The second-order valence-electron chi connectivity index (χ2n) is 4.07. The van der Waals surface area contributed by atoms with Gasteiger partial charge in [-0.25, -0.2) is 0 Å². The molecule has 0 saturated heterocycles. The molecule has 0 heterocycles. The molecular formula is C13H21NO3. The summed E-state index contributed by atoms with van der Waals surface area (Å²) in [6.45, 7) is 6.70. The molecule has 0 saturated carbocycles. The van der Waals surface area contributed by atoms with Gasteiger partial charge in [-0.2, -0.15) is 0 Å². The van der Waals surface area contributed by atoms with Crippen molar-refractivity contribution < 1.29 is 14.6 Å². The summed E-state index contributed by atoms with van der Waals surface area (Å²) in [7, 11) is 0. The van der Waals surface area contributed by atoms with Gasteiger partial charge in [0.25, 0.3) is 5.97 Å². The molecule has 0 aliphatic carbocycles. The Hall–Kier alpha value is -1.55. The van der Waals surface area contributed by atoms with Gasteiger partial charge in [-0.3, -0.25) is 4.79 Å². The molecule has 4 heteroatoms. The number of hydrogen-bond acceptors (Lipinski definition) is 3. The Morgan fingerprint density at radius 2 is 1.82 bits per heavy atom. The molecule has 0 radical (unpaired) electrons. The molecule has 0 spiro atoms. The van der Waals surface area contributed by atoms with Gasteiger partial charge in [0.05, 0.1) is 6.61 Å². The quantitative estimate of drug-likeness (QED) is 0.845. The Bertz CT molecular complexity index is 316. The topological polar surface area (TPSA) is 72.5 Å². The molecule has 1 aromatic rings. The highest BCUT2D eigenvalue weighted by molar-refractivity contribution is 5.62. The van der Waals surface area contributed by atoms with Crippen LogP contribution in [-0.4, -0.2) is 17.7 Å². The average molecular weight is 239 g/mol. The van der Waals surface area contributed by atoms with E-state index in [1.807, 2.05) is 24.3 Å². The van der Waals surface area contributed by atoms with E-state index in [1.165, 1.54) is 0 Å². The monoisotopic (exact) mass is 239 g/mol. The average Bonchev–Trinajstić information content (AvgIpc) is 2.26. The number of rotatable bonds is 4. The zero-order valence-electron chi connectivity index (χ0n) is 10.6. The van der Waals surface area contributed by atoms with E-state index < -0.39 is 5.97 Å². The van der Waals surface area contributed by atoms with Gasteiger partial charge in [-0.15, -0.1) is 0 Å². The van der Waals surface area contributed by atoms with Crippen LogP contribution < -0.4 is 10.5 Å². The predicted octanol–water partition coefficient (Wildman–Crippen LogP) is 2.27. The Balaban J connectivity index is 0.000000557. The van der Waals surface area contributed by atoms with Gasteiger partial charge in [0.2, 0.25) is 0 Å². The smallest absolute Gasteiger partial charge is 0.300 e. The van der Waals surface area contributed by atoms with Crippen LogP contribution in [-0.2, 0) is 11.3 Å². The maximum Gasteiger partial charge on any atom is 0.300 e. The number of carbonyl (C=O) groups is 1. The van der Waals surface area contributed by atoms with E-state index >= 15 is 0 Å². The van der Waals surface area contributed by atoms with Crippen LogP contribution in [0.1, 0.15) is 26.3 Å². The fraction of sp³-hybridized carbons (Fsp3) is 0.462. The van der Waals surface area contributed by atoms with E-state index in [2.05, 4.69) is 13.8 Å². The minimum atomic E-state index is -0.833. The third-order valence-corrected chi connectivity index (χ3v) is 1.74. The summed E-state index contributed by atoms with van der Waals surface area (Å²) < 4.78 is 5.53. The van der Waals surface area contributed by atoms with Crippen molar-refractivity contribution in [3.8, 4) is 5.75 Å². The molecule has 0 amide bonds. The number of nitrogens with two attached hydrogens (primary N) is 1. The molecule has 1 aromatic carbocycles. The Morgan fingerprint density at radius 3 is 2.18 bits per heavy atom. The zero-order valence-corrected chi connectivity index (χ0v) is 10.6. The van der Waals surface area contributed by atoms with Crippen molar-refractivity contribution in [2.24, 2.45) is 11.7 Å². The Morgan fingerprint density at radius 1 is 1.35 bits per heavy atom. The summed E-state index contributed by atoms with van der Waals surface area (Å²) in [4.78, 5) is 9.00. The third kappa shape index (κ3) is 9.38. The van der Waals surface area contributed by atoms with E-state index in [-0.39, 0.29) is 0 Å². The van der Waals surface area contributed by atoms with Crippen LogP contribution in [0, 0.1) is 5.92 Å². The normalized spacial score (nSPS) is 9.47. The maximum absolute atomic E-state index is 9.00. The Labute approximate surface area is 102 Å². The maximum atomic E-state index is 9.00. The number of hydrogen-bond donors (Lipinski definition) is 2. The number of ether oxygens (including phenoxy) is 1. The van der Waals surface area contributed by atoms with Crippen molar-refractivity contribution in [2.45, 2.75) is 27.3 Å². The molecule has 4 nitrogen and oxygen atoms in total. The molecule has 0 bridgehead atoms. The molecule has 0 aromatic heterocycles. The van der Waals surface area contributed by atoms with Crippen molar-refractivity contribution in [3.63, 3.8) is 0 Å². The summed E-state index contributed by atoms with van der Waals surface area (Å²) in [5.74, 6) is 0.653. The first kappa shape index (κ1) is 15.4. The Kier molecular flexibility index (Phi) is 7.80. The van der Waals surface area contributed by atoms with Crippen molar-refractivity contribution in [2.75, 3.05) is 6.61 Å². The number of benzene rings is 1. The number of carboxylic acids is 1. The summed E-state index contributed by atoms with van der Waals surface area (Å²) in [6, 6.07) is 7.92. The van der Waals surface area contributed by atoms with Crippen LogP contribution in [0.3, 0.4) is 0 Å². The van der Waals surface area contributed by atoms with Gasteiger partial charge < -0.3 is 15.6 Å². The van der Waals surface area contributed by atoms with Gasteiger partial charge in [-0.05, 0) is 23.6 Å². The second-order valence-corrected chi connectivity index (χ2v) is 4.07. The summed E-state index contributed by atoms with van der Waals surface area (Å²) in [6.07, 6.45) is 0. The van der Waals surface area contributed by atoms with Crippen LogP contribution in [0.4, 0.5) is 0 Å². The van der Waals surface area contributed by atoms with Gasteiger partial charge in [-0.1, -0.05) is 26.0 Å². The van der Waals surface area contributed by atoms with Crippen LogP contribution in [0.25, 0.3) is 0 Å². The number of aliphatic carboxylic acids is 1. The van der Waals surface area contributed by atoms with E-state index in [1.54, 1.807) is 0 Å². The largest absolute Gasteiger partial charge is 0.493 e. The van der Waals surface area contributed by atoms with Gasteiger partial charge >= 0.3 is 0 Å². The first-order valence-corrected chi connectivity index (χ1v) is 5.57. The van der Waals surface area contributed by atoms with Crippen molar-refractivity contribution in [1.82, 2.24) is 0 Å². The highest BCUT2D eigenvalue weighted by atomic mass is 16.5. The van der Waals surface area contributed by atoms with Crippen molar-refractivity contribution in [1.29, 1.82) is 0 Å². The van der Waals surface area contributed by atoms with Crippen LogP contribution >= 0.6 is 0 Å². The molecule has 17 heavy (non-hydrogen) atoms. The molecule has 0 aliphatic heterocycles. The molecule has 96 valence electrons. The van der Waals surface area contributed by atoms with E-state index in [0.29, 0.717) is 12.5 Å². The number of carboxylic acid groups (broad SMARTS) is 1. The van der Waals surface area contributed by atoms with Gasteiger partial charge in [0, 0.05) is 13.5 Å². The van der Waals surface area contributed by atoms with Gasteiger partial charge in [0.15, 0.2) is 0 Å². The highest BCUT2D eigenvalue weighted by Gasteiger charge is 1.96. The lowest BCUT2D eigenvalue weighted by molar-refractivity contribution is -0.134. The third-order valence-electron chi connectivity index (χ3n) is 1.74. The molecule has 0 unspecified atom stereocenters. The molecule has 0 atom stereocenters. The fourth-order valence-electron chi connectivity index (χ4n) is 0.985. The lowest BCUT2D eigenvalue weighted by Gasteiger charge is -2.08. The lowest BCUT2D eigenvalue weighted by Crippen LogP contribution is -2.04. The van der Waals surface area contributed by atoms with Crippen molar-refractivity contribution in [3.05, 3.63) is 29.8 Å². The van der Waals surface area contributed by atoms with Crippen LogP contribution in [0.5, 0.6) is 5.75 Å². The highest BCUT2D eigenvalue weighted by Crippen LogP contribution is 2.12. The van der Waals surface area contributed by atoms with Crippen molar-refractivity contribution >= 4 is 5.97 Å². The summed E-state index contributed by atoms with van der Waals surface area (Å²) in [5.41, 5.74) is 6.62. The standard InChI is InChI=1S/C11H17NO.C2H4O2/c1-9(2)8-13-11-5-3-10(7-12)4-6-11;1-2(3)4/h3-6,9H,7-8,12H2,1-2H3;1H3,(H,3,4). The fourth-order valence-corrected chi connectivity index (χ4v) is 0.985. The van der Waals surface area contributed by atoms with Gasteiger partial charge in [0.1, 0.15) is 5.75 Å². The van der Waals surface area contributed by atoms with E-state index in [9.17, 15) is 0 Å². The molecule has 1 rings (SSSR count). The SMILES string of the molecule is CC(=O)O.CC(C)COc1ccc(CN)cc1. The lowest BCUT2D eigenvalue weighted by atomic mass is 10.2. The minimum Gasteiger partial charge on any atom is -0.493 e. The minimum absolute atomic E-state index is 0.564. The molecule has 3 N–H and O–H groups in total. The molecular weight excluding hydrogens is 218 g/mol. The summed E-state index contributed by atoms with van der Waals surface area (Å²) >= 11 is 0. The van der Waals surface area contributed by atoms with E-state index in [0.717, 1.165) is 24.8 Å². The van der Waals surface area contributed by atoms with Crippen LogP contribution in [0.15, 0.2) is 24.3 Å². The zero-order chi connectivity index (χ0) is 13.3. The first-order chi connectivity index (χ1) is 7.95. The summed E-state index contributed by atoms with van der Waals surface area (Å²) in [5, 5.41) is 7.42.